The maximum Gasteiger partial charge on any atom is 0.119 e. The zero-order valence-corrected chi connectivity index (χ0v) is 10.9. The molecule has 1 atom stereocenters. The van der Waals surface area contributed by atoms with Crippen molar-refractivity contribution in [2.45, 2.75) is 39.2 Å². The van der Waals surface area contributed by atoms with E-state index in [1.165, 1.54) is 37.9 Å². The summed E-state index contributed by atoms with van der Waals surface area (Å²) in [5, 5.41) is 3.40. The van der Waals surface area contributed by atoms with Crippen LogP contribution in [0.4, 0.5) is 0 Å². The fourth-order valence-electron chi connectivity index (χ4n) is 2.48. The number of benzene rings is 1. The topological polar surface area (TPSA) is 21.3 Å². The van der Waals surface area contributed by atoms with E-state index >= 15 is 0 Å². The molecule has 1 N–H and O–H groups in total. The number of piperidine rings is 1. The molecular weight excluding hydrogens is 210 g/mol. The van der Waals surface area contributed by atoms with Gasteiger partial charge in [0.2, 0.25) is 0 Å². The minimum atomic E-state index is 0.320. The highest BCUT2D eigenvalue weighted by atomic mass is 16.5. The van der Waals surface area contributed by atoms with E-state index in [-0.39, 0.29) is 0 Å². The van der Waals surface area contributed by atoms with Crippen LogP contribution in [0.15, 0.2) is 24.3 Å². The van der Waals surface area contributed by atoms with Crippen molar-refractivity contribution in [1.82, 2.24) is 5.32 Å². The second-order valence-electron chi connectivity index (χ2n) is 5.17. The third-order valence-corrected chi connectivity index (χ3v) is 3.48. The van der Waals surface area contributed by atoms with Gasteiger partial charge >= 0.3 is 0 Å². The Morgan fingerprint density at radius 1 is 1.24 bits per heavy atom. The van der Waals surface area contributed by atoms with E-state index in [2.05, 4.69) is 43.4 Å². The summed E-state index contributed by atoms with van der Waals surface area (Å²) in [6, 6.07) is 8.34. The second-order valence-corrected chi connectivity index (χ2v) is 5.17. The molecule has 2 rings (SSSR count). The summed E-state index contributed by atoms with van der Waals surface area (Å²) in [7, 11) is 0. The summed E-state index contributed by atoms with van der Waals surface area (Å²) in [6.45, 7) is 6.62. The van der Waals surface area contributed by atoms with E-state index in [1.807, 2.05) is 0 Å². The molecule has 1 unspecified atom stereocenters. The van der Waals surface area contributed by atoms with Crippen molar-refractivity contribution in [2.75, 3.05) is 13.1 Å². The second kappa shape index (κ2) is 6.06. The molecule has 0 aliphatic carbocycles. The van der Waals surface area contributed by atoms with Gasteiger partial charge < -0.3 is 10.1 Å². The van der Waals surface area contributed by atoms with E-state index in [0.717, 1.165) is 11.7 Å². The van der Waals surface area contributed by atoms with E-state index in [1.54, 1.807) is 0 Å². The molecule has 1 aliphatic rings. The van der Waals surface area contributed by atoms with Crippen LogP contribution in [0.5, 0.6) is 5.75 Å². The Labute approximate surface area is 104 Å². The predicted octanol–water partition coefficient (Wildman–Crippen LogP) is 3.15. The predicted molar refractivity (Wildman–Crippen MR) is 71.5 cm³/mol. The first-order valence-corrected chi connectivity index (χ1v) is 6.68. The van der Waals surface area contributed by atoms with Crippen molar-refractivity contribution in [3.8, 4) is 5.75 Å². The van der Waals surface area contributed by atoms with Gasteiger partial charge in [0.05, 0.1) is 6.10 Å². The molecule has 0 bridgehead atoms. The van der Waals surface area contributed by atoms with Crippen LogP contribution in [-0.4, -0.2) is 19.2 Å². The molecule has 2 nitrogen and oxygen atoms in total. The van der Waals surface area contributed by atoms with Gasteiger partial charge in [0.15, 0.2) is 0 Å². The van der Waals surface area contributed by atoms with Gasteiger partial charge in [0, 0.05) is 0 Å². The fourth-order valence-corrected chi connectivity index (χ4v) is 2.48. The fraction of sp³-hybridized carbons (Fsp3) is 0.600. The van der Waals surface area contributed by atoms with E-state index in [9.17, 15) is 0 Å². The van der Waals surface area contributed by atoms with Gasteiger partial charge in [-0.05, 0) is 64.3 Å². The summed E-state index contributed by atoms with van der Waals surface area (Å²) in [4.78, 5) is 0. The zero-order chi connectivity index (χ0) is 12.1. The van der Waals surface area contributed by atoms with Gasteiger partial charge in [0.25, 0.3) is 0 Å². The molecule has 1 aromatic rings. The summed E-state index contributed by atoms with van der Waals surface area (Å²) < 4.78 is 5.95. The van der Waals surface area contributed by atoms with Crippen LogP contribution < -0.4 is 10.1 Å². The molecule has 0 saturated carbocycles. The molecule has 1 aromatic carbocycles. The maximum atomic E-state index is 5.95. The van der Waals surface area contributed by atoms with Crippen LogP contribution in [0.2, 0.25) is 0 Å². The smallest absolute Gasteiger partial charge is 0.119 e. The minimum absolute atomic E-state index is 0.320. The van der Waals surface area contributed by atoms with Gasteiger partial charge in [-0.3, -0.25) is 0 Å². The van der Waals surface area contributed by atoms with Crippen molar-refractivity contribution in [2.24, 2.45) is 5.92 Å². The molecule has 0 amide bonds. The van der Waals surface area contributed by atoms with Crippen LogP contribution in [0.3, 0.4) is 0 Å². The van der Waals surface area contributed by atoms with Crippen molar-refractivity contribution in [3.63, 3.8) is 0 Å². The lowest BCUT2D eigenvalue weighted by Gasteiger charge is -2.25. The normalized spacial score (nSPS) is 18.9. The van der Waals surface area contributed by atoms with Gasteiger partial charge in [-0.1, -0.05) is 17.7 Å². The highest BCUT2D eigenvalue weighted by Crippen LogP contribution is 2.21. The van der Waals surface area contributed by atoms with Gasteiger partial charge in [-0.25, -0.2) is 0 Å². The number of hydrogen-bond donors (Lipinski definition) is 1. The summed E-state index contributed by atoms with van der Waals surface area (Å²) in [6.07, 6.45) is 4.08. The number of rotatable bonds is 4. The Morgan fingerprint density at radius 3 is 2.53 bits per heavy atom. The van der Waals surface area contributed by atoms with Gasteiger partial charge in [0.1, 0.15) is 5.75 Å². The van der Waals surface area contributed by atoms with Crippen molar-refractivity contribution < 1.29 is 4.74 Å². The van der Waals surface area contributed by atoms with Crippen LogP contribution in [-0.2, 0) is 0 Å². The van der Waals surface area contributed by atoms with Gasteiger partial charge in [-0.2, -0.15) is 0 Å². The van der Waals surface area contributed by atoms with Crippen LogP contribution in [0.1, 0.15) is 31.7 Å². The van der Waals surface area contributed by atoms with Crippen LogP contribution in [0, 0.1) is 12.8 Å². The third kappa shape index (κ3) is 4.04. The Balaban J connectivity index is 1.79. The SMILES string of the molecule is Cc1ccc(OC(C)CC2CCNCC2)cc1. The van der Waals surface area contributed by atoms with Crippen LogP contribution >= 0.6 is 0 Å². The zero-order valence-electron chi connectivity index (χ0n) is 10.9. The molecule has 1 aliphatic heterocycles. The molecule has 1 saturated heterocycles. The lowest BCUT2D eigenvalue weighted by Crippen LogP contribution is -2.30. The molecule has 1 heterocycles. The average molecular weight is 233 g/mol. The Hall–Kier alpha value is -1.02. The Kier molecular flexibility index (Phi) is 4.43. The molecule has 17 heavy (non-hydrogen) atoms. The first-order chi connectivity index (χ1) is 8.24. The minimum Gasteiger partial charge on any atom is -0.491 e. The van der Waals surface area contributed by atoms with E-state index < -0.39 is 0 Å². The Morgan fingerprint density at radius 2 is 1.88 bits per heavy atom. The van der Waals surface area contributed by atoms with Crippen molar-refractivity contribution in [1.29, 1.82) is 0 Å². The molecule has 0 aromatic heterocycles. The average Bonchev–Trinajstić information content (AvgIpc) is 2.33. The van der Waals surface area contributed by atoms with Crippen LogP contribution in [0.25, 0.3) is 0 Å². The number of hydrogen-bond acceptors (Lipinski definition) is 2. The van der Waals surface area contributed by atoms with E-state index in [4.69, 9.17) is 4.74 Å². The summed E-state index contributed by atoms with van der Waals surface area (Å²) >= 11 is 0. The summed E-state index contributed by atoms with van der Waals surface area (Å²) in [5.74, 6) is 1.83. The molecule has 1 fully saturated rings. The molecule has 94 valence electrons. The first-order valence-electron chi connectivity index (χ1n) is 6.68. The number of nitrogens with one attached hydrogen (secondary N) is 1. The Bertz CT molecular complexity index is 327. The molecule has 0 radical (unpaired) electrons. The number of aryl methyl sites for hydroxylation is 1. The standard InChI is InChI=1S/C15H23NO/c1-12-3-5-15(6-4-12)17-13(2)11-14-7-9-16-10-8-14/h3-6,13-14,16H,7-11H2,1-2H3. The lowest BCUT2D eigenvalue weighted by atomic mass is 9.92. The summed E-state index contributed by atoms with van der Waals surface area (Å²) in [5.41, 5.74) is 1.28. The molecular formula is C15H23NO. The van der Waals surface area contributed by atoms with Crippen molar-refractivity contribution >= 4 is 0 Å². The number of ether oxygens (including phenoxy) is 1. The molecule has 2 heteroatoms. The maximum absolute atomic E-state index is 5.95. The first kappa shape index (κ1) is 12.4. The highest BCUT2D eigenvalue weighted by molar-refractivity contribution is 5.26. The lowest BCUT2D eigenvalue weighted by molar-refractivity contribution is 0.171. The highest BCUT2D eigenvalue weighted by Gasteiger charge is 2.16. The quantitative estimate of drug-likeness (QED) is 0.862. The van der Waals surface area contributed by atoms with Gasteiger partial charge in [-0.15, -0.1) is 0 Å². The largest absolute Gasteiger partial charge is 0.491 e. The molecule has 0 spiro atoms. The monoisotopic (exact) mass is 233 g/mol. The van der Waals surface area contributed by atoms with Crippen molar-refractivity contribution in [3.05, 3.63) is 29.8 Å². The third-order valence-electron chi connectivity index (χ3n) is 3.48. The van der Waals surface area contributed by atoms with E-state index in [0.29, 0.717) is 6.10 Å².